The number of hydrogen-bond acceptors (Lipinski definition) is 4. The Morgan fingerprint density at radius 2 is 2.14 bits per heavy atom. The maximum Gasteiger partial charge on any atom is 0.335 e. The van der Waals surface area contributed by atoms with E-state index in [1.54, 1.807) is 13.0 Å². The number of rotatable bonds is 9. The zero-order valence-electron chi connectivity index (χ0n) is 12.8. The second kappa shape index (κ2) is 7.95. The van der Waals surface area contributed by atoms with Crippen molar-refractivity contribution in [2.45, 2.75) is 37.6 Å². The summed E-state index contributed by atoms with van der Waals surface area (Å²) in [6.07, 6.45) is 3.14. The molecule has 0 saturated carbocycles. The third-order valence-corrected chi connectivity index (χ3v) is 4.66. The van der Waals surface area contributed by atoms with Gasteiger partial charge in [0.05, 0.1) is 11.3 Å². The summed E-state index contributed by atoms with van der Waals surface area (Å²) >= 11 is 0. The zero-order chi connectivity index (χ0) is 16.8. The number of nitrogens with one attached hydrogen (secondary N) is 2. The molecule has 0 aromatic heterocycles. The number of hydrogen-bond donors (Lipinski definition) is 3. The van der Waals surface area contributed by atoms with Gasteiger partial charge >= 0.3 is 5.97 Å². The molecule has 0 aliphatic carbocycles. The molecule has 0 spiro atoms. The Hall–Kier alpha value is -1.86. The molecule has 0 fully saturated rings. The summed E-state index contributed by atoms with van der Waals surface area (Å²) in [6, 6.07) is 3.75. The standard InChI is InChI=1S/C15H22N2O4S/c1-4-6-11(3)17-22(20,21)14-10-12(15(18)19)7-8-13(14)16-9-5-2/h5,7-8,10-11,16-17H,2,4,6,9H2,1,3H3,(H,18,19)/t11-/m0/s1. The maximum atomic E-state index is 12.5. The van der Waals surface area contributed by atoms with E-state index in [9.17, 15) is 13.2 Å². The van der Waals surface area contributed by atoms with Crippen molar-refractivity contribution in [3.8, 4) is 0 Å². The average molecular weight is 326 g/mol. The lowest BCUT2D eigenvalue weighted by Gasteiger charge is -2.16. The number of carbonyl (C=O) groups is 1. The quantitative estimate of drug-likeness (QED) is 0.606. The predicted octanol–water partition coefficient (Wildman–Crippen LogP) is 2.45. The molecule has 0 unspecified atom stereocenters. The highest BCUT2D eigenvalue weighted by Crippen LogP contribution is 2.23. The molecule has 0 heterocycles. The summed E-state index contributed by atoms with van der Waals surface area (Å²) in [7, 11) is -3.81. The minimum Gasteiger partial charge on any atom is -0.478 e. The van der Waals surface area contributed by atoms with E-state index in [4.69, 9.17) is 5.11 Å². The number of anilines is 1. The summed E-state index contributed by atoms with van der Waals surface area (Å²) < 4.78 is 27.6. The number of carboxylic acids is 1. The van der Waals surface area contributed by atoms with Crippen LogP contribution in [0.1, 0.15) is 37.0 Å². The Morgan fingerprint density at radius 1 is 1.45 bits per heavy atom. The van der Waals surface area contributed by atoms with Crippen LogP contribution in [-0.4, -0.2) is 32.1 Å². The van der Waals surface area contributed by atoms with Crippen LogP contribution < -0.4 is 10.0 Å². The van der Waals surface area contributed by atoms with Crippen molar-refractivity contribution in [2.24, 2.45) is 0 Å². The molecule has 0 saturated heterocycles. The van der Waals surface area contributed by atoms with Crippen LogP contribution in [0, 0.1) is 0 Å². The third kappa shape index (κ3) is 4.85. The molecule has 22 heavy (non-hydrogen) atoms. The lowest BCUT2D eigenvalue weighted by molar-refractivity contribution is 0.0696. The fourth-order valence-electron chi connectivity index (χ4n) is 2.03. The van der Waals surface area contributed by atoms with Crippen LogP contribution >= 0.6 is 0 Å². The Bertz CT molecular complexity index is 641. The fourth-order valence-corrected chi connectivity index (χ4v) is 3.51. The van der Waals surface area contributed by atoms with Crippen molar-refractivity contribution >= 4 is 21.7 Å². The van der Waals surface area contributed by atoms with Crippen molar-refractivity contribution < 1.29 is 18.3 Å². The first-order valence-corrected chi connectivity index (χ1v) is 8.54. The largest absolute Gasteiger partial charge is 0.478 e. The summed E-state index contributed by atoms with van der Waals surface area (Å²) in [4.78, 5) is 11.0. The predicted molar refractivity (Wildman–Crippen MR) is 86.8 cm³/mol. The van der Waals surface area contributed by atoms with Crippen molar-refractivity contribution in [3.63, 3.8) is 0 Å². The number of carboxylic acid groups (broad SMARTS) is 1. The normalized spacial score (nSPS) is 12.6. The van der Waals surface area contributed by atoms with Gasteiger partial charge in [-0.05, 0) is 31.5 Å². The van der Waals surface area contributed by atoms with Gasteiger partial charge in [-0.25, -0.2) is 17.9 Å². The average Bonchev–Trinajstić information content (AvgIpc) is 2.44. The summed E-state index contributed by atoms with van der Waals surface area (Å²) in [5, 5.41) is 12.0. The molecule has 6 nitrogen and oxygen atoms in total. The molecule has 122 valence electrons. The van der Waals surface area contributed by atoms with Crippen LogP contribution in [0.15, 0.2) is 35.7 Å². The molecule has 3 N–H and O–H groups in total. The van der Waals surface area contributed by atoms with E-state index in [1.165, 1.54) is 12.1 Å². The lowest BCUT2D eigenvalue weighted by Crippen LogP contribution is -2.33. The van der Waals surface area contributed by atoms with Crippen LogP contribution in [0.4, 0.5) is 5.69 Å². The Kier molecular flexibility index (Phi) is 6.58. The third-order valence-electron chi connectivity index (χ3n) is 3.03. The first-order valence-electron chi connectivity index (χ1n) is 7.06. The van der Waals surface area contributed by atoms with Crippen molar-refractivity contribution in [3.05, 3.63) is 36.4 Å². The zero-order valence-corrected chi connectivity index (χ0v) is 13.6. The van der Waals surface area contributed by atoms with Crippen LogP contribution in [0.5, 0.6) is 0 Å². The Balaban J connectivity index is 3.24. The van der Waals surface area contributed by atoms with Gasteiger partial charge in [0.15, 0.2) is 0 Å². The van der Waals surface area contributed by atoms with Crippen molar-refractivity contribution in [1.82, 2.24) is 4.72 Å². The molecule has 1 aromatic carbocycles. The van der Waals surface area contributed by atoms with E-state index in [1.807, 2.05) is 6.92 Å². The van der Waals surface area contributed by atoms with Gasteiger partial charge in [-0.1, -0.05) is 19.4 Å². The van der Waals surface area contributed by atoms with Crippen molar-refractivity contribution in [1.29, 1.82) is 0 Å². The maximum absolute atomic E-state index is 12.5. The number of sulfonamides is 1. The van der Waals surface area contributed by atoms with Gasteiger partial charge in [-0.15, -0.1) is 6.58 Å². The van der Waals surface area contributed by atoms with Gasteiger partial charge in [0.1, 0.15) is 4.90 Å². The molecule has 1 rings (SSSR count). The summed E-state index contributed by atoms with van der Waals surface area (Å²) in [6.45, 7) is 7.68. The van der Waals surface area contributed by atoms with E-state index in [0.29, 0.717) is 18.7 Å². The Morgan fingerprint density at radius 3 is 2.68 bits per heavy atom. The molecular weight excluding hydrogens is 304 g/mol. The molecule has 0 aliphatic rings. The highest BCUT2D eigenvalue weighted by atomic mass is 32.2. The highest BCUT2D eigenvalue weighted by molar-refractivity contribution is 7.89. The minimum atomic E-state index is -3.81. The fraction of sp³-hybridized carbons (Fsp3) is 0.400. The first-order chi connectivity index (χ1) is 10.3. The van der Waals surface area contributed by atoms with Gasteiger partial charge in [0.25, 0.3) is 0 Å². The Labute approximate surface area is 131 Å². The monoisotopic (exact) mass is 326 g/mol. The van der Waals surface area contributed by atoms with Crippen LogP contribution in [0.25, 0.3) is 0 Å². The number of aromatic carboxylic acids is 1. The topological polar surface area (TPSA) is 95.5 Å². The molecule has 0 amide bonds. The second-order valence-electron chi connectivity index (χ2n) is 5.00. The molecule has 1 atom stereocenters. The smallest absolute Gasteiger partial charge is 0.335 e. The van der Waals surface area contributed by atoms with Crippen molar-refractivity contribution in [2.75, 3.05) is 11.9 Å². The van der Waals surface area contributed by atoms with E-state index >= 15 is 0 Å². The van der Waals surface area contributed by atoms with E-state index < -0.39 is 16.0 Å². The van der Waals surface area contributed by atoms with Crippen LogP contribution in [0.3, 0.4) is 0 Å². The lowest BCUT2D eigenvalue weighted by atomic mass is 10.2. The molecule has 0 aliphatic heterocycles. The number of benzene rings is 1. The van der Waals surface area contributed by atoms with Gasteiger partial charge in [0.2, 0.25) is 10.0 Å². The highest BCUT2D eigenvalue weighted by Gasteiger charge is 2.22. The van der Waals surface area contributed by atoms with E-state index in [-0.39, 0.29) is 16.5 Å². The van der Waals surface area contributed by atoms with E-state index in [2.05, 4.69) is 16.6 Å². The molecule has 1 aromatic rings. The summed E-state index contributed by atoms with van der Waals surface area (Å²) in [5.41, 5.74) is 0.272. The van der Waals surface area contributed by atoms with Crippen LogP contribution in [0.2, 0.25) is 0 Å². The second-order valence-corrected chi connectivity index (χ2v) is 6.68. The van der Waals surface area contributed by atoms with E-state index in [0.717, 1.165) is 12.5 Å². The van der Waals surface area contributed by atoms with Gasteiger partial charge < -0.3 is 10.4 Å². The molecule has 0 radical (unpaired) electrons. The molecule has 0 bridgehead atoms. The first kappa shape index (κ1) is 18.2. The SMILES string of the molecule is C=CCNc1ccc(C(=O)O)cc1S(=O)(=O)N[C@@H](C)CCC. The molecular formula is C15H22N2O4S. The van der Waals surface area contributed by atoms with Gasteiger partial charge in [-0.3, -0.25) is 0 Å². The minimum absolute atomic E-state index is 0.0720. The molecule has 7 heteroatoms. The van der Waals surface area contributed by atoms with Crippen LogP contribution in [-0.2, 0) is 10.0 Å². The summed E-state index contributed by atoms with van der Waals surface area (Å²) in [5.74, 6) is -1.17. The van der Waals surface area contributed by atoms with Gasteiger partial charge in [0, 0.05) is 12.6 Å². The van der Waals surface area contributed by atoms with Gasteiger partial charge in [-0.2, -0.15) is 0 Å².